The van der Waals surface area contributed by atoms with Crippen molar-refractivity contribution in [2.75, 3.05) is 17.3 Å². The van der Waals surface area contributed by atoms with Gasteiger partial charge in [-0.2, -0.15) is 4.98 Å². The molecular formula is C20H23ClF2N6. The van der Waals surface area contributed by atoms with Crippen molar-refractivity contribution in [2.45, 2.75) is 26.4 Å². The average Bonchev–Trinajstić information content (AvgIpc) is 2.70. The van der Waals surface area contributed by atoms with E-state index in [2.05, 4.69) is 32.6 Å². The van der Waals surface area contributed by atoms with Crippen molar-refractivity contribution in [1.82, 2.24) is 20.0 Å². The zero-order valence-electron chi connectivity index (χ0n) is 16.0. The Bertz CT molecular complexity index is 877. The number of nitrogens with zero attached hydrogens (tertiary/aromatic N) is 4. The third-order valence-electron chi connectivity index (χ3n) is 3.97. The van der Waals surface area contributed by atoms with Gasteiger partial charge in [0.1, 0.15) is 18.0 Å². The predicted molar refractivity (Wildman–Crippen MR) is 112 cm³/mol. The summed E-state index contributed by atoms with van der Waals surface area (Å²) in [5.41, 5.74) is 5.07. The van der Waals surface area contributed by atoms with Gasteiger partial charge in [-0.3, -0.25) is 5.43 Å². The summed E-state index contributed by atoms with van der Waals surface area (Å²) in [7, 11) is 0. The molecule has 0 aliphatic heterocycles. The third-order valence-corrected chi connectivity index (χ3v) is 3.97. The Morgan fingerprint density at radius 3 is 2.07 bits per heavy atom. The van der Waals surface area contributed by atoms with E-state index in [0.717, 1.165) is 24.1 Å². The lowest BCUT2D eigenvalue weighted by molar-refractivity contribution is 0.319. The Hall–Kier alpha value is -2.84. The minimum Gasteiger partial charge on any atom is -0.350 e. The van der Waals surface area contributed by atoms with Gasteiger partial charge in [-0.1, -0.05) is 31.2 Å². The van der Waals surface area contributed by atoms with E-state index in [4.69, 9.17) is 0 Å². The van der Waals surface area contributed by atoms with Crippen LogP contribution in [0.5, 0.6) is 0 Å². The smallest absolute Gasteiger partial charge is 0.242 e. The van der Waals surface area contributed by atoms with Crippen molar-refractivity contribution in [3.63, 3.8) is 0 Å². The number of benzene rings is 2. The normalized spacial score (nSPS) is 10.5. The molecule has 0 saturated heterocycles. The third kappa shape index (κ3) is 7.24. The summed E-state index contributed by atoms with van der Waals surface area (Å²) in [5.74, 6) is 0.299. The van der Waals surface area contributed by atoms with Gasteiger partial charge in [0.25, 0.3) is 0 Å². The number of hydrogen-bond acceptors (Lipinski definition) is 6. The second-order valence-corrected chi connectivity index (χ2v) is 6.27. The van der Waals surface area contributed by atoms with E-state index in [9.17, 15) is 8.78 Å². The monoisotopic (exact) mass is 420 g/mol. The number of hydrogen-bond donors (Lipinski definition) is 2. The van der Waals surface area contributed by atoms with Crippen LogP contribution in [0, 0.1) is 11.6 Å². The van der Waals surface area contributed by atoms with Gasteiger partial charge in [0, 0.05) is 19.6 Å². The number of nitrogens with one attached hydrogen (secondary N) is 2. The van der Waals surface area contributed by atoms with Crippen LogP contribution in [0.25, 0.3) is 0 Å². The van der Waals surface area contributed by atoms with Gasteiger partial charge < -0.3 is 5.32 Å². The van der Waals surface area contributed by atoms with Gasteiger partial charge >= 0.3 is 0 Å². The van der Waals surface area contributed by atoms with Crippen LogP contribution in [0.1, 0.15) is 24.5 Å². The number of anilines is 2. The summed E-state index contributed by atoms with van der Waals surface area (Å²) in [4.78, 5) is 12.6. The fourth-order valence-corrected chi connectivity index (χ4v) is 2.61. The summed E-state index contributed by atoms with van der Waals surface area (Å²) < 4.78 is 26.1. The quantitative estimate of drug-likeness (QED) is 0.499. The number of rotatable bonds is 9. The zero-order chi connectivity index (χ0) is 19.8. The number of aromatic nitrogens is 3. The molecular weight excluding hydrogens is 398 g/mol. The fourth-order valence-electron chi connectivity index (χ4n) is 2.61. The van der Waals surface area contributed by atoms with Gasteiger partial charge in [-0.05, 0) is 41.8 Å². The predicted octanol–water partition coefficient (Wildman–Crippen LogP) is 4.42. The molecule has 0 atom stereocenters. The van der Waals surface area contributed by atoms with Crippen molar-refractivity contribution in [3.8, 4) is 0 Å². The first-order chi connectivity index (χ1) is 13.6. The number of hydrazine groups is 1. The van der Waals surface area contributed by atoms with Crippen LogP contribution in [0.2, 0.25) is 0 Å². The second kappa shape index (κ2) is 11.2. The number of halogens is 3. The van der Waals surface area contributed by atoms with Gasteiger partial charge in [0.2, 0.25) is 11.9 Å². The highest BCUT2D eigenvalue weighted by Gasteiger charge is 2.08. The second-order valence-electron chi connectivity index (χ2n) is 6.27. The van der Waals surface area contributed by atoms with Crippen LogP contribution in [0.3, 0.4) is 0 Å². The molecule has 9 heteroatoms. The maximum absolute atomic E-state index is 13.1. The maximum Gasteiger partial charge on any atom is 0.242 e. The van der Waals surface area contributed by atoms with Gasteiger partial charge in [0.05, 0.1) is 0 Å². The molecule has 2 N–H and O–H groups in total. The lowest BCUT2D eigenvalue weighted by Gasteiger charge is -2.22. The van der Waals surface area contributed by atoms with Crippen molar-refractivity contribution in [2.24, 2.45) is 0 Å². The molecule has 0 aliphatic rings. The van der Waals surface area contributed by atoms with Crippen LogP contribution in [0.15, 0.2) is 54.9 Å². The molecule has 0 saturated carbocycles. The first-order valence-electron chi connectivity index (χ1n) is 9.06. The molecule has 154 valence electrons. The van der Waals surface area contributed by atoms with Crippen LogP contribution in [-0.4, -0.2) is 26.5 Å². The van der Waals surface area contributed by atoms with Gasteiger partial charge in [0.15, 0.2) is 0 Å². The molecule has 0 amide bonds. The molecule has 0 bridgehead atoms. The molecule has 3 aromatic rings. The highest BCUT2D eigenvalue weighted by molar-refractivity contribution is 5.85. The Balaban J connectivity index is 0.00000300. The Morgan fingerprint density at radius 1 is 0.862 bits per heavy atom. The van der Waals surface area contributed by atoms with Crippen LogP contribution in [-0.2, 0) is 13.1 Å². The summed E-state index contributed by atoms with van der Waals surface area (Å²) in [6, 6.07) is 12.6. The molecule has 29 heavy (non-hydrogen) atoms. The van der Waals surface area contributed by atoms with Crippen molar-refractivity contribution in [3.05, 3.63) is 77.6 Å². The Labute approximate surface area is 174 Å². The molecule has 1 heterocycles. The first-order valence-corrected chi connectivity index (χ1v) is 9.06. The molecule has 0 radical (unpaired) electrons. The molecule has 0 aliphatic carbocycles. The van der Waals surface area contributed by atoms with E-state index in [1.165, 1.54) is 30.6 Å². The molecule has 0 unspecified atom stereocenters. The largest absolute Gasteiger partial charge is 0.350 e. The van der Waals surface area contributed by atoms with Crippen LogP contribution in [0.4, 0.5) is 20.7 Å². The van der Waals surface area contributed by atoms with Crippen LogP contribution >= 0.6 is 12.4 Å². The minimum atomic E-state index is -0.271. The van der Waals surface area contributed by atoms with E-state index in [-0.39, 0.29) is 24.0 Å². The molecule has 1 aromatic heterocycles. The topological polar surface area (TPSA) is 66.0 Å². The molecule has 2 aromatic carbocycles. The maximum atomic E-state index is 13.1. The first kappa shape index (κ1) is 22.4. The van der Waals surface area contributed by atoms with Gasteiger partial charge in [-0.25, -0.2) is 23.8 Å². The molecule has 0 fully saturated rings. The Morgan fingerprint density at radius 2 is 1.45 bits per heavy atom. The SMILES string of the molecule is CCCN(Cc1ccc(F)cc1)Nc1ncnc(NCc2ccc(F)cc2)n1.Cl. The summed E-state index contributed by atoms with van der Waals surface area (Å²) in [5, 5.41) is 5.06. The van der Waals surface area contributed by atoms with E-state index in [1.807, 2.05) is 5.01 Å². The standard InChI is InChI=1S/C20H22F2N6.ClH/c1-2-11-28(13-16-5-9-18(22)10-6-16)27-20-25-14-24-19(26-20)23-12-15-3-7-17(21)8-4-15;/h3-10,14H,2,11-13H2,1H3,(H2,23,24,25,26,27);1H. The Kier molecular flexibility index (Phi) is 8.69. The van der Waals surface area contributed by atoms with E-state index < -0.39 is 0 Å². The van der Waals surface area contributed by atoms with E-state index in [1.54, 1.807) is 24.3 Å². The lowest BCUT2D eigenvalue weighted by Crippen LogP contribution is -2.31. The average molecular weight is 421 g/mol. The highest BCUT2D eigenvalue weighted by atomic mass is 35.5. The summed E-state index contributed by atoms with van der Waals surface area (Å²) >= 11 is 0. The van der Waals surface area contributed by atoms with E-state index in [0.29, 0.717) is 25.0 Å². The van der Waals surface area contributed by atoms with Crippen molar-refractivity contribution in [1.29, 1.82) is 0 Å². The highest BCUT2D eigenvalue weighted by Crippen LogP contribution is 2.11. The van der Waals surface area contributed by atoms with Crippen LogP contribution < -0.4 is 10.7 Å². The molecule has 0 spiro atoms. The minimum absolute atomic E-state index is 0. The van der Waals surface area contributed by atoms with Gasteiger partial charge in [-0.15, -0.1) is 12.4 Å². The molecule has 3 rings (SSSR count). The fraction of sp³-hybridized carbons (Fsp3) is 0.250. The zero-order valence-corrected chi connectivity index (χ0v) is 16.8. The summed E-state index contributed by atoms with van der Waals surface area (Å²) in [6.07, 6.45) is 2.35. The molecule has 6 nitrogen and oxygen atoms in total. The van der Waals surface area contributed by atoms with E-state index >= 15 is 0 Å². The summed E-state index contributed by atoms with van der Waals surface area (Å²) in [6.45, 7) is 3.89. The lowest BCUT2D eigenvalue weighted by atomic mass is 10.2. The van der Waals surface area contributed by atoms with Crippen molar-refractivity contribution < 1.29 is 8.78 Å². The van der Waals surface area contributed by atoms with Crippen molar-refractivity contribution >= 4 is 24.3 Å².